The Morgan fingerprint density at radius 3 is 2.68 bits per heavy atom. The van der Waals surface area contributed by atoms with Crippen molar-refractivity contribution in [3.05, 3.63) is 45.9 Å². The van der Waals surface area contributed by atoms with Gasteiger partial charge in [-0.25, -0.2) is 4.98 Å². The largest absolute Gasteiger partial charge is 0.388 e. The van der Waals surface area contributed by atoms with E-state index in [0.29, 0.717) is 0 Å². The van der Waals surface area contributed by atoms with E-state index in [1.54, 1.807) is 13.1 Å². The summed E-state index contributed by atoms with van der Waals surface area (Å²) in [5.41, 5.74) is 1.14. The maximum atomic E-state index is 9.55. The monoisotopic (exact) mass is 296 g/mol. The molecule has 2 atom stereocenters. The van der Waals surface area contributed by atoms with E-state index in [1.165, 1.54) is 11.3 Å². The Morgan fingerprint density at radius 1 is 1.37 bits per heavy atom. The topological polar surface area (TPSA) is 36.4 Å². The molecule has 0 radical (unpaired) electrons. The van der Waals surface area contributed by atoms with E-state index in [2.05, 4.69) is 22.9 Å². The van der Waals surface area contributed by atoms with Crippen molar-refractivity contribution in [2.24, 2.45) is 0 Å². The first-order valence-electron chi connectivity index (χ1n) is 6.11. The van der Waals surface area contributed by atoms with Gasteiger partial charge in [0.1, 0.15) is 0 Å². The lowest BCUT2D eigenvalue weighted by molar-refractivity contribution is 0.203. The minimum atomic E-state index is -0.471. The van der Waals surface area contributed by atoms with Crippen molar-refractivity contribution in [1.29, 1.82) is 0 Å². The van der Waals surface area contributed by atoms with Crippen LogP contribution in [0.4, 0.5) is 5.13 Å². The summed E-state index contributed by atoms with van der Waals surface area (Å²) in [5.74, 6) is 0. The molecule has 2 unspecified atom stereocenters. The normalized spacial score (nSPS) is 14.2. The number of anilines is 1. The molecule has 0 aliphatic heterocycles. The molecular weight excluding hydrogens is 280 g/mol. The van der Waals surface area contributed by atoms with Crippen LogP contribution in [0, 0.1) is 0 Å². The van der Waals surface area contributed by atoms with Crippen molar-refractivity contribution in [1.82, 2.24) is 4.98 Å². The second-order valence-electron chi connectivity index (χ2n) is 4.56. The molecule has 2 aromatic rings. The van der Waals surface area contributed by atoms with Crippen molar-refractivity contribution in [3.63, 3.8) is 0 Å². The highest BCUT2D eigenvalue weighted by Gasteiger charge is 2.16. The Balaban J connectivity index is 2.20. The number of nitrogens with zero attached hydrogens (tertiary/aromatic N) is 2. The molecule has 0 aliphatic rings. The fourth-order valence-corrected chi connectivity index (χ4v) is 2.88. The summed E-state index contributed by atoms with van der Waals surface area (Å²) >= 11 is 7.53. The predicted octanol–water partition coefficient (Wildman–Crippen LogP) is 4.05. The van der Waals surface area contributed by atoms with Crippen LogP contribution in [0.2, 0.25) is 5.02 Å². The van der Waals surface area contributed by atoms with Gasteiger partial charge in [-0.2, -0.15) is 0 Å². The summed E-state index contributed by atoms with van der Waals surface area (Å²) < 4.78 is 0. The van der Waals surface area contributed by atoms with Gasteiger partial charge in [0.05, 0.1) is 17.0 Å². The molecule has 5 heteroatoms. The number of halogens is 1. The first-order valence-corrected chi connectivity index (χ1v) is 7.30. The van der Waals surface area contributed by atoms with Gasteiger partial charge in [-0.1, -0.05) is 35.1 Å². The third-order valence-electron chi connectivity index (χ3n) is 3.14. The SMILES string of the molecule is CC(O)c1cnc(N(C)C(C)c2cccc(Cl)c2)s1. The summed E-state index contributed by atoms with van der Waals surface area (Å²) in [6.07, 6.45) is 1.26. The lowest BCUT2D eigenvalue weighted by Crippen LogP contribution is -2.21. The average Bonchev–Trinajstić information content (AvgIpc) is 2.86. The van der Waals surface area contributed by atoms with E-state index in [4.69, 9.17) is 11.6 Å². The van der Waals surface area contributed by atoms with Gasteiger partial charge < -0.3 is 10.0 Å². The third-order valence-corrected chi connectivity index (χ3v) is 4.63. The molecule has 0 saturated carbocycles. The number of rotatable bonds is 4. The maximum Gasteiger partial charge on any atom is 0.185 e. The Hall–Kier alpha value is -1.10. The maximum absolute atomic E-state index is 9.55. The molecule has 1 aromatic heterocycles. The van der Waals surface area contributed by atoms with Crippen LogP contribution in [0.1, 0.15) is 36.4 Å². The fourth-order valence-electron chi connectivity index (χ4n) is 1.79. The minimum Gasteiger partial charge on any atom is -0.388 e. The van der Waals surface area contributed by atoms with Gasteiger partial charge in [-0.3, -0.25) is 0 Å². The van der Waals surface area contributed by atoms with Crippen LogP contribution in [-0.2, 0) is 0 Å². The van der Waals surface area contributed by atoms with Gasteiger partial charge in [0.2, 0.25) is 0 Å². The van der Waals surface area contributed by atoms with E-state index in [9.17, 15) is 5.11 Å². The van der Waals surface area contributed by atoms with Crippen molar-refractivity contribution < 1.29 is 5.11 Å². The number of benzene rings is 1. The second-order valence-corrected chi connectivity index (χ2v) is 6.04. The zero-order chi connectivity index (χ0) is 14.0. The predicted molar refractivity (Wildman–Crippen MR) is 81.0 cm³/mol. The molecule has 102 valence electrons. The summed E-state index contributed by atoms with van der Waals surface area (Å²) in [5, 5.41) is 11.2. The van der Waals surface area contributed by atoms with Crippen molar-refractivity contribution in [2.45, 2.75) is 26.0 Å². The van der Waals surface area contributed by atoms with Gasteiger partial charge in [0, 0.05) is 18.3 Å². The van der Waals surface area contributed by atoms with Crippen LogP contribution in [-0.4, -0.2) is 17.1 Å². The first kappa shape index (κ1) is 14.3. The van der Waals surface area contributed by atoms with Gasteiger partial charge in [0.25, 0.3) is 0 Å². The molecule has 1 heterocycles. The molecule has 0 fully saturated rings. The Kier molecular flexibility index (Phi) is 4.45. The zero-order valence-corrected chi connectivity index (χ0v) is 12.7. The van der Waals surface area contributed by atoms with E-state index in [0.717, 1.165) is 20.6 Å². The molecule has 1 N–H and O–H groups in total. The smallest absolute Gasteiger partial charge is 0.185 e. The molecule has 1 aromatic carbocycles. The second kappa shape index (κ2) is 5.90. The Labute approximate surface area is 122 Å². The van der Waals surface area contributed by atoms with Crippen molar-refractivity contribution >= 4 is 28.1 Å². The van der Waals surface area contributed by atoms with E-state index in [1.807, 2.05) is 25.2 Å². The van der Waals surface area contributed by atoms with Crippen LogP contribution in [0.5, 0.6) is 0 Å². The molecular formula is C14H17ClN2OS. The van der Waals surface area contributed by atoms with Crippen molar-refractivity contribution in [2.75, 3.05) is 11.9 Å². The number of aliphatic hydroxyl groups excluding tert-OH is 1. The number of hydrogen-bond donors (Lipinski definition) is 1. The Morgan fingerprint density at radius 2 is 2.11 bits per heavy atom. The quantitative estimate of drug-likeness (QED) is 0.925. The molecule has 0 saturated heterocycles. The van der Waals surface area contributed by atoms with E-state index >= 15 is 0 Å². The molecule has 3 nitrogen and oxygen atoms in total. The van der Waals surface area contributed by atoms with Crippen LogP contribution < -0.4 is 4.90 Å². The van der Waals surface area contributed by atoms with Crippen LogP contribution in [0.3, 0.4) is 0 Å². The highest BCUT2D eigenvalue weighted by molar-refractivity contribution is 7.15. The van der Waals surface area contributed by atoms with Crippen LogP contribution >= 0.6 is 22.9 Å². The number of aliphatic hydroxyl groups is 1. The molecule has 2 rings (SSSR count). The molecule has 0 bridgehead atoms. The summed E-state index contributed by atoms with van der Waals surface area (Å²) in [4.78, 5) is 7.32. The number of aromatic nitrogens is 1. The van der Waals surface area contributed by atoms with Gasteiger partial charge in [0.15, 0.2) is 5.13 Å². The summed E-state index contributed by atoms with van der Waals surface area (Å²) in [7, 11) is 2.00. The molecule has 0 spiro atoms. The van der Waals surface area contributed by atoms with E-state index in [-0.39, 0.29) is 6.04 Å². The molecule has 0 aliphatic carbocycles. The summed E-state index contributed by atoms with van der Waals surface area (Å²) in [6, 6.07) is 8.01. The Bertz CT molecular complexity index is 556. The lowest BCUT2D eigenvalue weighted by Gasteiger charge is -2.24. The minimum absolute atomic E-state index is 0.173. The van der Waals surface area contributed by atoms with Gasteiger partial charge in [-0.15, -0.1) is 0 Å². The van der Waals surface area contributed by atoms with Gasteiger partial charge in [-0.05, 0) is 31.5 Å². The third kappa shape index (κ3) is 3.26. The van der Waals surface area contributed by atoms with Crippen LogP contribution in [0.25, 0.3) is 0 Å². The molecule has 0 amide bonds. The van der Waals surface area contributed by atoms with Crippen LogP contribution in [0.15, 0.2) is 30.5 Å². The number of hydrogen-bond acceptors (Lipinski definition) is 4. The number of thiazole rings is 1. The van der Waals surface area contributed by atoms with E-state index < -0.39 is 6.10 Å². The first-order chi connectivity index (χ1) is 8.99. The van der Waals surface area contributed by atoms with Crippen molar-refractivity contribution in [3.8, 4) is 0 Å². The standard InChI is InChI=1S/C14H17ClN2OS/c1-9(11-5-4-6-12(15)7-11)17(3)14-16-8-13(19-14)10(2)18/h4-10,18H,1-3H3. The highest BCUT2D eigenvalue weighted by atomic mass is 35.5. The zero-order valence-electron chi connectivity index (χ0n) is 11.2. The highest BCUT2D eigenvalue weighted by Crippen LogP contribution is 2.31. The summed E-state index contributed by atoms with van der Waals surface area (Å²) in [6.45, 7) is 3.85. The lowest BCUT2D eigenvalue weighted by atomic mass is 10.1. The molecule has 19 heavy (non-hydrogen) atoms. The fraction of sp³-hybridized carbons (Fsp3) is 0.357. The average molecular weight is 297 g/mol. The van der Waals surface area contributed by atoms with Gasteiger partial charge >= 0.3 is 0 Å².